The monoisotopic (exact) mass is 330 g/mol. The lowest BCUT2D eigenvalue weighted by molar-refractivity contribution is -0.134. The molecule has 0 spiro atoms. The van der Waals surface area contributed by atoms with Crippen LogP contribution < -0.4 is 16.6 Å². The Morgan fingerprint density at radius 2 is 2.00 bits per heavy atom. The smallest absolute Gasteiger partial charge is 0.263 e. The molecule has 12 heteroatoms. The van der Waals surface area contributed by atoms with Crippen LogP contribution in [0.2, 0.25) is 0 Å². The molecule has 0 aliphatic carbocycles. The molecule has 1 aliphatic heterocycles. The fraction of sp³-hybridized carbons (Fsp3) is 0.222. The van der Waals surface area contributed by atoms with Crippen molar-refractivity contribution in [2.75, 3.05) is 18.5 Å². The number of piperazine rings is 1. The second-order valence-corrected chi connectivity index (χ2v) is 6.94. The predicted molar refractivity (Wildman–Crippen MR) is 72.8 cm³/mol. The number of nitrogens with one attached hydrogen (secondary N) is 2. The number of carbonyl (C=O) groups excluding carboxylic acids is 2. The van der Waals surface area contributed by atoms with Gasteiger partial charge in [-0.2, -0.15) is 9.29 Å². The molecule has 1 aliphatic rings. The normalized spacial score (nSPS) is 17.2. The summed E-state index contributed by atoms with van der Waals surface area (Å²) in [6.07, 6.45) is 1.52. The number of anilines is 1. The molecule has 2 aromatic heterocycles. The van der Waals surface area contributed by atoms with Gasteiger partial charge in [-0.3, -0.25) is 19.3 Å². The number of amides is 2. The molecular weight excluding hydrogens is 320 g/mol. The van der Waals surface area contributed by atoms with Gasteiger partial charge in [0, 0.05) is 11.6 Å². The number of nitrogen functional groups attached to an aromatic ring is 1. The van der Waals surface area contributed by atoms with E-state index in [1.807, 2.05) is 5.32 Å². The average Bonchev–Trinajstić information content (AvgIpc) is 2.96. The van der Waals surface area contributed by atoms with E-state index in [9.17, 15) is 18.0 Å². The number of imidazole rings is 1. The first-order chi connectivity index (χ1) is 9.93. The van der Waals surface area contributed by atoms with Crippen LogP contribution in [0, 0.1) is 0 Å². The van der Waals surface area contributed by atoms with Crippen LogP contribution in [0.25, 0.3) is 4.96 Å². The molecule has 2 amide bonds. The maximum atomic E-state index is 12.7. The Morgan fingerprint density at radius 3 is 2.62 bits per heavy atom. The maximum absolute atomic E-state index is 12.7. The second-order valence-electron chi connectivity index (χ2n) is 4.21. The van der Waals surface area contributed by atoms with Gasteiger partial charge in [-0.05, 0) is 0 Å². The van der Waals surface area contributed by atoms with Gasteiger partial charge in [0.25, 0.3) is 10.0 Å². The first-order valence-corrected chi connectivity index (χ1v) is 8.00. The second kappa shape index (κ2) is 4.77. The molecule has 10 nitrogen and oxygen atoms in total. The highest BCUT2D eigenvalue weighted by atomic mass is 32.2. The Bertz CT molecular complexity index is 822. The minimum atomic E-state index is -4.11. The summed E-state index contributed by atoms with van der Waals surface area (Å²) in [7, 11) is -4.11. The van der Waals surface area contributed by atoms with E-state index in [2.05, 4.69) is 10.4 Å². The predicted octanol–water partition coefficient (Wildman–Crippen LogP) is -1.67. The third-order valence-corrected chi connectivity index (χ3v) is 5.43. The lowest BCUT2D eigenvalue weighted by Crippen LogP contribution is -2.53. The molecule has 3 heterocycles. The number of rotatable bonds is 3. The van der Waals surface area contributed by atoms with Crippen LogP contribution in [0.3, 0.4) is 0 Å². The molecule has 1 saturated heterocycles. The zero-order valence-electron chi connectivity index (χ0n) is 10.4. The van der Waals surface area contributed by atoms with Gasteiger partial charge in [-0.1, -0.05) is 0 Å². The number of hydrogen-bond donors (Lipinski definition) is 3. The maximum Gasteiger partial charge on any atom is 0.263 e. The summed E-state index contributed by atoms with van der Waals surface area (Å²) in [6, 6.07) is 0. The van der Waals surface area contributed by atoms with E-state index < -0.39 is 34.9 Å². The number of nitrogens with two attached hydrogens (primary N) is 1. The number of aromatic nitrogens is 2. The van der Waals surface area contributed by atoms with Crippen LogP contribution in [-0.2, 0) is 19.6 Å². The van der Waals surface area contributed by atoms with Crippen LogP contribution >= 0.6 is 11.3 Å². The summed E-state index contributed by atoms with van der Waals surface area (Å²) in [5, 5.41) is 3.50. The van der Waals surface area contributed by atoms with Crippen LogP contribution in [0.5, 0.6) is 0 Å². The van der Waals surface area contributed by atoms with Crippen molar-refractivity contribution in [1.82, 2.24) is 19.0 Å². The molecular formula is C9H10N6O4S2. The standard InChI is InChI=1S/C9H10N6O4S2/c10-13-7-8(15-1-2-20-9(15)12-7)21(18,19)14-3-5(16)11-6(17)4-14/h1-2,13H,3-4,10H2,(H,11,16,17). The Balaban J connectivity index is 2.13. The molecule has 0 saturated carbocycles. The fourth-order valence-corrected chi connectivity index (χ4v) is 4.34. The summed E-state index contributed by atoms with van der Waals surface area (Å²) in [5.74, 6) is 3.91. The highest BCUT2D eigenvalue weighted by Gasteiger charge is 2.37. The largest absolute Gasteiger partial charge is 0.306 e. The van der Waals surface area contributed by atoms with Crippen molar-refractivity contribution in [1.29, 1.82) is 0 Å². The molecule has 1 fully saturated rings. The van der Waals surface area contributed by atoms with E-state index in [-0.39, 0.29) is 10.8 Å². The van der Waals surface area contributed by atoms with Gasteiger partial charge in [0.1, 0.15) is 0 Å². The first kappa shape index (κ1) is 13.9. The van der Waals surface area contributed by atoms with Crippen molar-refractivity contribution in [3.63, 3.8) is 0 Å². The van der Waals surface area contributed by atoms with Crippen molar-refractivity contribution < 1.29 is 18.0 Å². The summed E-state index contributed by atoms with van der Waals surface area (Å²) >= 11 is 1.23. The van der Waals surface area contributed by atoms with Crippen LogP contribution in [0.1, 0.15) is 0 Å². The minimum absolute atomic E-state index is 0.0414. The van der Waals surface area contributed by atoms with Gasteiger partial charge in [0.2, 0.25) is 16.8 Å². The van der Waals surface area contributed by atoms with Gasteiger partial charge in [-0.25, -0.2) is 14.3 Å². The van der Waals surface area contributed by atoms with Gasteiger partial charge in [-0.15, -0.1) is 11.3 Å². The van der Waals surface area contributed by atoms with E-state index in [1.54, 1.807) is 5.38 Å². The van der Waals surface area contributed by atoms with Crippen LogP contribution in [0.4, 0.5) is 5.82 Å². The molecule has 0 atom stereocenters. The van der Waals surface area contributed by atoms with Gasteiger partial charge >= 0.3 is 0 Å². The number of sulfonamides is 1. The third-order valence-electron chi connectivity index (χ3n) is 2.86. The van der Waals surface area contributed by atoms with Crippen molar-refractivity contribution in [2.45, 2.75) is 5.03 Å². The topological polar surface area (TPSA) is 139 Å². The van der Waals surface area contributed by atoms with Gasteiger partial charge < -0.3 is 5.43 Å². The Kier molecular flexibility index (Phi) is 3.16. The van der Waals surface area contributed by atoms with Gasteiger partial charge in [0.15, 0.2) is 10.8 Å². The fourth-order valence-electron chi connectivity index (χ4n) is 2.01. The molecule has 0 aromatic carbocycles. The lowest BCUT2D eigenvalue weighted by atomic mass is 10.4. The van der Waals surface area contributed by atoms with E-state index >= 15 is 0 Å². The molecule has 112 valence electrons. The number of hydrazine groups is 1. The number of hydrogen-bond acceptors (Lipinski definition) is 8. The zero-order chi connectivity index (χ0) is 15.2. The molecule has 21 heavy (non-hydrogen) atoms. The van der Waals surface area contributed by atoms with Crippen molar-refractivity contribution in [3.8, 4) is 0 Å². The number of thiazole rings is 1. The van der Waals surface area contributed by atoms with E-state index in [0.717, 1.165) is 4.31 Å². The molecule has 0 unspecified atom stereocenters. The SMILES string of the molecule is NNc1nc2sccn2c1S(=O)(=O)N1CC(=O)NC(=O)C1. The highest BCUT2D eigenvalue weighted by molar-refractivity contribution is 7.89. The van der Waals surface area contributed by atoms with Crippen LogP contribution in [-0.4, -0.2) is 47.0 Å². The van der Waals surface area contributed by atoms with E-state index in [0.29, 0.717) is 4.96 Å². The summed E-state index contributed by atoms with van der Waals surface area (Å²) in [6.45, 7) is -0.870. The molecule has 0 radical (unpaired) electrons. The first-order valence-electron chi connectivity index (χ1n) is 5.68. The third kappa shape index (κ3) is 2.17. The summed E-state index contributed by atoms with van der Waals surface area (Å²) in [5.41, 5.74) is 2.22. The van der Waals surface area contributed by atoms with E-state index in [1.165, 1.54) is 21.9 Å². The highest BCUT2D eigenvalue weighted by Crippen LogP contribution is 2.27. The summed E-state index contributed by atoms with van der Waals surface area (Å²) in [4.78, 5) is 27.2. The number of nitrogens with zero attached hydrogens (tertiary/aromatic N) is 3. The van der Waals surface area contributed by atoms with Crippen molar-refractivity contribution in [3.05, 3.63) is 11.6 Å². The quantitative estimate of drug-likeness (QED) is 0.347. The average molecular weight is 330 g/mol. The summed E-state index contributed by atoms with van der Waals surface area (Å²) < 4.78 is 27.5. The Morgan fingerprint density at radius 1 is 1.33 bits per heavy atom. The number of carbonyl (C=O) groups is 2. The number of fused-ring (bicyclic) bond motifs is 1. The van der Waals surface area contributed by atoms with Crippen molar-refractivity contribution >= 4 is 44.0 Å². The Labute approximate surface area is 122 Å². The molecule has 0 bridgehead atoms. The Hall–Kier alpha value is -2.02. The number of imide groups is 1. The zero-order valence-corrected chi connectivity index (χ0v) is 12.1. The van der Waals surface area contributed by atoms with E-state index in [4.69, 9.17) is 5.84 Å². The van der Waals surface area contributed by atoms with Crippen LogP contribution in [0.15, 0.2) is 16.6 Å². The minimum Gasteiger partial charge on any atom is -0.306 e. The molecule has 4 N–H and O–H groups in total. The molecule has 2 aromatic rings. The molecule has 3 rings (SSSR count). The van der Waals surface area contributed by atoms with Crippen molar-refractivity contribution in [2.24, 2.45) is 5.84 Å². The van der Waals surface area contributed by atoms with Gasteiger partial charge in [0.05, 0.1) is 13.1 Å². The lowest BCUT2D eigenvalue weighted by Gasteiger charge is -2.24.